The Balaban J connectivity index is 1.74. The normalized spacial score (nSPS) is 12.1. The number of pyridine rings is 1. The van der Waals surface area contributed by atoms with Gasteiger partial charge in [0, 0.05) is 36.5 Å². The monoisotopic (exact) mass is 294 g/mol. The lowest BCUT2D eigenvalue weighted by atomic mass is 10.1. The highest BCUT2D eigenvalue weighted by atomic mass is 16.2. The molecule has 0 aliphatic carbocycles. The quantitative estimate of drug-likeness (QED) is 0.777. The number of aryl methyl sites for hydroxylation is 1. The van der Waals surface area contributed by atoms with Crippen LogP contribution >= 0.6 is 0 Å². The number of fused-ring (bicyclic) bond motifs is 1. The lowest BCUT2D eigenvalue weighted by molar-refractivity contribution is 0.249. The summed E-state index contributed by atoms with van der Waals surface area (Å²) in [5.41, 5.74) is 2.85. The van der Waals surface area contributed by atoms with Gasteiger partial charge in [-0.25, -0.2) is 4.79 Å². The predicted octanol–water partition coefficient (Wildman–Crippen LogP) is 3.46. The van der Waals surface area contributed by atoms with E-state index < -0.39 is 0 Å². The van der Waals surface area contributed by atoms with Crippen LogP contribution in [0.5, 0.6) is 0 Å². The van der Waals surface area contributed by atoms with Gasteiger partial charge in [-0.2, -0.15) is 0 Å². The Hall–Kier alpha value is -2.82. The molecule has 2 N–H and O–H groups in total. The van der Waals surface area contributed by atoms with Crippen molar-refractivity contribution in [3.63, 3.8) is 0 Å². The molecule has 0 bridgehead atoms. The Labute approximate surface area is 129 Å². The lowest BCUT2D eigenvalue weighted by Gasteiger charge is -2.15. The maximum Gasteiger partial charge on any atom is 0.319 e. The van der Waals surface area contributed by atoms with Gasteiger partial charge in [0.2, 0.25) is 0 Å². The van der Waals surface area contributed by atoms with Crippen molar-refractivity contribution in [2.24, 2.45) is 7.05 Å². The van der Waals surface area contributed by atoms with Crippen molar-refractivity contribution in [3.8, 4) is 0 Å². The minimum Gasteiger partial charge on any atom is -0.350 e. The number of hydrogen-bond acceptors (Lipinski definition) is 2. The van der Waals surface area contributed by atoms with E-state index in [-0.39, 0.29) is 12.1 Å². The van der Waals surface area contributed by atoms with E-state index >= 15 is 0 Å². The summed E-state index contributed by atoms with van der Waals surface area (Å²) in [4.78, 5) is 16.3. The fraction of sp³-hybridized carbons (Fsp3) is 0.176. The number of carbonyl (C=O) groups is 1. The average molecular weight is 294 g/mol. The number of hydrogen-bond donors (Lipinski definition) is 2. The molecule has 0 saturated heterocycles. The molecule has 0 unspecified atom stereocenters. The number of rotatable bonds is 3. The summed E-state index contributed by atoms with van der Waals surface area (Å²) in [6.07, 6.45) is 5.45. The molecular formula is C17H18N4O. The first-order chi connectivity index (χ1) is 10.6. The highest BCUT2D eigenvalue weighted by molar-refractivity contribution is 6.00. The summed E-state index contributed by atoms with van der Waals surface area (Å²) in [6.45, 7) is 1.93. The molecule has 5 heteroatoms. The number of aromatic nitrogens is 2. The van der Waals surface area contributed by atoms with Gasteiger partial charge in [0.25, 0.3) is 0 Å². The van der Waals surface area contributed by atoms with Gasteiger partial charge in [-0.15, -0.1) is 0 Å². The van der Waals surface area contributed by atoms with E-state index in [4.69, 9.17) is 0 Å². The second kappa shape index (κ2) is 5.89. The van der Waals surface area contributed by atoms with E-state index in [2.05, 4.69) is 15.6 Å². The molecule has 0 aliphatic heterocycles. The maximum absolute atomic E-state index is 12.2. The molecule has 0 radical (unpaired) electrons. The topological polar surface area (TPSA) is 59.0 Å². The molecule has 5 nitrogen and oxygen atoms in total. The molecule has 2 heterocycles. The van der Waals surface area contributed by atoms with Gasteiger partial charge in [0.15, 0.2) is 0 Å². The van der Waals surface area contributed by atoms with Gasteiger partial charge in [-0.1, -0.05) is 12.1 Å². The Kier molecular flexibility index (Phi) is 3.78. The smallest absolute Gasteiger partial charge is 0.319 e. The molecule has 2 amide bonds. The van der Waals surface area contributed by atoms with Crippen LogP contribution in [0.4, 0.5) is 10.5 Å². The standard InChI is InChI=1S/C17H18N4O/c1-12(13-5-4-9-18-11-13)19-17(22)20-15-6-3-7-16-14(15)8-10-21(16)2/h3-12H,1-2H3,(H2,19,20,22)/t12-/m1/s1. The number of benzene rings is 1. The van der Waals surface area contributed by atoms with Gasteiger partial charge in [-0.3, -0.25) is 4.98 Å². The van der Waals surface area contributed by atoms with Gasteiger partial charge < -0.3 is 15.2 Å². The summed E-state index contributed by atoms with van der Waals surface area (Å²) >= 11 is 0. The Morgan fingerprint density at radius 3 is 2.86 bits per heavy atom. The van der Waals surface area contributed by atoms with E-state index in [1.54, 1.807) is 12.4 Å². The largest absolute Gasteiger partial charge is 0.350 e. The zero-order valence-corrected chi connectivity index (χ0v) is 12.6. The van der Waals surface area contributed by atoms with Crippen LogP contribution in [0.2, 0.25) is 0 Å². The first-order valence-corrected chi connectivity index (χ1v) is 7.16. The summed E-state index contributed by atoms with van der Waals surface area (Å²) < 4.78 is 2.02. The van der Waals surface area contributed by atoms with Crippen LogP contribution in [-0.2, 0) is 7.05 Å². The van der Waals surface area contributed by atoms with Gasteiger partial charge >= 0.3 is 6.03 Å². The SMILES string of the molecule is C[C@@H](NC(=O)Nc1cccc2c1ccn2C)c1cccnc1. The van der Waals surface area contributed by atoms with Crippen molar-refractivity contribution in [1.29, 1.82) is 0 Å². The van der Waals surface area contributed by atoms with Crippen LogP contribution in [0.15, 0.2) is 55.0 Å². The van der Waals surface area contributed by atoms with Crippen LogP contribution in [0.1, 0.15) is 18.5 Å². The summed E-state index contributed by atoms with van der Waals surface area (Å²) in [7, 11) is 1.98. The fourth-order valence-electron chi connectivity index (χ4n) is 2.48. The van der Waals surface area contributed by atoms with Gasteiger partial charge in [-0.05, 0) is 36.8 Å². The zero-order chi connectivity index (χ0) is 15.5. The van der Waals surface area contributed by atoms with Gasteiger partial charge in [0.1, 0.15) is 0 Å². The molecule has 0 aliphatic rings. The third kappa shape index (κ3) is 2.79. The molecule has 3 rings (SSSR count). The minimum atomic E-state index is -0.229. The predicted molar refractivity (Wildman–Crippen MR) is 87.7 cm³/mol. The molecule has 112 valence electrons. The number of amides is 2. The lowest BCUT2D eigenvalue weighted by Crippen LogP contribution is -2.31. The molecule has 2 aromatic heterocycles. The highest BCUT2D eigenvalue weighted by Gasteiger charge is 2.11. The molecule has 3 aromatic rings. The third-order valence-electron chi connectivity index (χ3n) is 3.71. The van der Waals surface area contributed by atoms with Crippen molar-refractivity contribution in [2.75, 3.05) is 5.32 Å². The van der Waals surface area contributed by atoms with E-state index in [1.807, 2.05) is 61.1 Å². The molecule has 1 aromatic carbocycles. The molecule has 1 atom stereocenters. The second-order valence-corrected chi connectivity index (χ2v) is 5.27. The second-order valence-electron chi connectivity index (χ2n) is 5.27. The van der Waals surface area contributed by atoms with Crippen molar-refractivity contribution < 1.29 is 4.79 Å². The number of carbonyl (C=O) groups excluding carboxylic acids is 1. The summed E-state index contributed by atoms with van der Waals surface area (Å²) in [6, 6.07) is 11.3. The summed E-state index contributed by atoms with van der Waals surface area (Å²) in [5.74, 6) is 0. The van der Waals surface area contributed by atoms with E-state index in [9.17, 15) is 4.79 Å². The van der Waals surface area contributed by atoms with Crippen LogP contribution in [-0.4, -0.2) is 15.6 Å². The molecule has 0 spiro atoms. The summed E-state index contributed by atoms with van der Waals surface area (Å²) in [5, 5.41) is 6.86. The molecule has 22 heavy (non-hydrogen) atoms. The Morgan fingerprint density at radius 1 is 1.23 bits per heavy atom. The van der Waals surface area contributed by atoms with E-state index in [0.717, 1.165) is 22.2 Å². The van der Waals surface area contributed by atoms with Crippen molar-refractivity contribution in [3.05, 3.63) is 60.6 Å². The molecular weight excluding hydrogens is 276 g/mol. The number of anilines is 1. The number of nitrogens with one attached hydrogen (secondary N) is 2. The van der Waals surface area contributed by atoms with Crippen LogP contribution < -0.4 is 10.6 Å². The first-order valence-electron chi connectivity index (χ1n) is 7.16. The molecule has 0 fully saturated rings. The maximum atomic E-state index is 12.2. The van der Waals surface area contributed by atoms with E-state index in [0.29, 0.717) is 0 Å². The fourth-order valence-corrected chi connectivity index (χ4v) is 2.48. The van der Waals surface area contributed by atoms with Crippen LogP contribution in [0, 0.1) is 0 Å². The van der Waals surface area contributed by atoms with Crippen molar-refractivity contribution in [1.82, 2.24) is 14.9 Å². The number of urea groups is 1. The van der Waals surface area contributed by atoms with Crippen LogP contribution in [0.3, 0.4) is 0 Å². The first kappa shape index (κ1) is 14.1. The van der Waals surface area contributed by atoms with Gasteiger partial charge in [0.05, 0.1) is 11.7 Å². The third-order valence-corrected chi connectivity index (χ3v) is 3.71. The van der Waals surface area contributed by atoms with Crippen LogP contribution in [0.25, 0.3) is 10.9 Å². The minimum absolute atomic E-state index is 0.108. The zero-order valence-electron chi connectivity index (χ0n) is 12.6. The van der Waals surface area contributed by atoms with E-state index in [1.165, 1.54) is 0 Å². The van der Waals surface area contributed by atoms with Crippen molar-refractivity contribution in [2.45, 2.75) is 13.0 Å². The Morgan fingerprint density at radius 2 is 2.09 bits per heavy atom. The molecule has 0 saturated carbocycles. The van der Waals surface area contributed by atoms with Crippen molar-refractivity contribution >= 4 is 22.6 Å². The number of nitrogens with zero attached hydrogens (tertiary/aromatic N) is 2. The Bertz CT molecular complexity index is 795. The highest BCUT2D eigenvalue weighted by Crippen LogP contribution is 2.23. The average Bonchev–Trinajstić information content (AvgIpc) is 2.91.